The van der Waals surface area contributed by atoms with Crippen molar-refractivity contribution in [3.8, 4) is 6.07 Å². The lowest BCUT2D eigenvalue weighted by molar-refractivity contribution is -0.130. The van der Waals surface area contributed by atoms with E-state index in [1.54, 1.807) is 4.90 Å². The number of piperazine rings is 1. The maximum absolute atomic E-state index is 12.0. The van der Waals surface area contributed by atoms with Crippen molar-refractivity contribution in [1.82, 2.24) is 9.80 Å². The molecule has 6 heteroatoms. The molecule has 1 heterocycles. The normalized spacial score (nSPS) is 21.9. The maximum Gasteiger partial charge on any atom is 0.410 e. The summed E-state index contributed by atoms with van der Waals surface area (Å²) in [5, 5.41) is 9.22. The molecule has 0 aromatic carbocycles. The van der Waals surface area contributed by atoms with Crippen molar-refractivity contribution in [3.05, 3.63) is 0 Å². The smallest absolute Gasteiger partial charge is 0.410 e. The Labute approximate surface area is 132 Å². The maximum atomic E-state index is 12.0. The zero-order valence-electron chi connectivity index (χ0n) is 13.7. The van der Waals surface area contributed by atoms with Crippen LogP contribution >= 0.6 is 0 Å². The van der Waals surface area contributed by atoms with E-state index >= 15 is 0 Å². The first-order valence-electron chi connectivity index (χ1n) is 7.86. The molecule has 0 atom stereocenters. The van der Waals surface area contributed by atoms with E-state index in [4.69, 9.17) is 4.74 Å². The van der Waals surface area contributed by atoms with E-state index in [9.17, 15) is 14.9 Å². The van der Waals surface area contributed by atoms with Crippen LogP contribution in [0.5, 0.6) is 0 Å². The summed E-state index contributed by atoms with van der Waals surface area (Å²) in [6.45, 7) is 9.26. The molecule has 1 aliphatic heterocycles. The van der Waals surface area contributed by atoms with Crippen molar-refractivity contribution in [2.75, 3.05) is 32.7 Å². The number of ketones is 1. The number of nitrogens with zero attached hydrogens (tertiary/aromatic N) is 3. The molecular formula is C16H25N3O3. The number of carbonyl (C=O) groups is 2. The third-order valence-electron chi connectivity index (χ3n) is 4.24. The fraction of sp³-hybridized carbons (Fsp3) is 0.812. The summed E-state index contributed by atoms with van der Waals surface area (Å²) in [6, 6.07) is 2.31. The molecule has 122 valence electrons. The molecule has 2 aliphatic rings. The standard InChI is InChI=1S/C16H25N3O3/c1-15(2,3)22-14(21)19-8-6-18(7-9-19)5-4-16(12-17)10-13(20)11-16/h4-11H2,1-3H3. The van der Waals surface area contributed by atoms with Gasteiger partial charge >= 0.3 is 6.09 Å². The first kappa shape index (κ1) is 16.8. The molecule has 1 amide bonds. The van der Waals surface area contributed by atoms with Crippen LogP contribution in [0.1, 0.15) is 40.0 Å². The highest BCUT2D eigenvalue weighted by Crippen LogP contribution is 2.40. The largest absolute Gasteiger partial charge is 0.444 e. The van der Waals surface area contributed by atoms with Crippen molar-refractivity contribution in [2.24, 2.45) is 5.41 Å². The van der Waals surface area contributed by atoms with Crippen LogP contribution in [0.3, 0.4) is 0 Å². The van der Waals surface area contributed by atoms with Gasteiger partial charge in [0.2, 0.25) is 0 Å². The Morgan fingerprint density at radius 3 is 2.32 bits per heavy atom. The van der Waals surface area contributed by atoms with Crippen molar-refractivity contribution in [2.45, 2.75) is 45.6 Å². The summed E-state index contributed by atoms with van der Waals surface area (Å²) in [5.74, 6) is 0.191. The summed E-state index contributed by atoms with van der Waals surface area (Å²) in [7, 11) is 0. The second-order valence-electron chi connectivity index (χ2n) is 7.34. The molecule has 0 spiro atoms. The number of carbonyl (C=O) groups excluding carboxylic acids is 2. The third kappa shape index (κ3) is 4.20. The fourth-order valence-corrected chi connectivity index (χ4v) is 2.87. The van der Waals surface area contributed by atoms with Crippen LogP contribution in [0.15, 0.2) is 0 Å². The lowest BCUT2D eigenvalue weighted by atomic mass is 9.67. The van der Waals surface area contributed by atoms with Crippen molar-refractivity contribution >= 4 is 11.9 Å². The number of ether oxygens (including phenoxy) is 1. The Kier molecular flexibility index (Phi) is 4.76. The number of nitriles is 1. The summed E-state index contributed by atoms with van der Waals surface area (Å²) in [5.41, 5.74) is -0.899. The Bertz CT molecular complexity index is 474. The van der Waals surface area contributed by atoms with Crippen LogP contribution in [0, 0.1) is 16.7 Å². The van der Waals surface area contributed by atoms with E-state index in [-0.39, 0.29) is 11.9 Å². The van der Waals surface area contributed by atoms with Crippen LogP contribution in [0.2, 0.25) is 0 Å². The number of rotatable bonds is 3. The predicted molar refractivity (Wildman–Crippen MR) is 81.2 cm³/mol. The van der Waals surface area contributed by atoms with E-state index in [2.05, 4.69) is 11.0 Å². The minimum atomic E-state index is -0.468. The minimum absolute atomic E-state index is 0.191. The van der Waals surface area contributed by atoms with Gasteiger partial charge < -0.3 is 9.64 Å². The van der Waals surface area contributed by atoms with Gasteiger partial charge in [0.25, 0.3) is 0 Å². The van der Waals surface area contributed by atoms with E-state index < -0.39 is 11.0 Å². The lowest BCUT2D eigenvalue weighted by Crippen LogP contribution is -2.51. The van der Waals surface area contributed by atoms with Gasteiger partial charge in [0, 0.05) is 39.0 Å². The van der Waals surface area contributed by atoms with Crippen LogP contribution in [0.25, 0.3) is 0 Å². The van der Waals surface area contributed by atoms with Gasteiger partial charge in [-0.2, -0.15) is 5.26 Å². The lowest BCUT2D eigenvalue weighted by Gasteiger charge is -2.39. The van der Waals surface area contributed by atoms with Crippen LogP contribution in [-0.2, 0) is 9.53 Å². The Hall–Kier alpha value is -1.61. The van der Waals surface area contributed by atoms with E-state index in [0.29, 0.717) is 25.9 Å². The SMILES string of the molecule is CC(C)(C)OC(=O)N1CCN(CCC2(C#N)CC(=O)C2)CC1. The summed E-state index contributed by atoms with van der Waals surface area (Å²) in [4.78, 5) is 27.1. The second-order valence-corrected chi connectivity index (χ2v) is 7.34. The van der Waals surface area contributed by atoms with E-state index in [1.807, 2.05) is 20.8 Å². The summed E-state index contributed by atoms with van der Waals surface area (Å²) < 4.78 is 5.37. The van der Waals surface area contributed by atoms with E-state index in [0.717, 1.165) is 26.1 Å². The zero-order valence-corrected chi connectivity index (χ0v) is 13.7. The molecule has 1 saturated heterocycles. The summed E-state index contributed by atoms with van der Waals surface area (Å²) in [6.07, 6.45) is 1.29. The molecule has 1 aliphatic carbocycles. The van der Waals surface area contributed by atoms with Crippen molar-refractivity contribution < 1.29 is 14.3 Å². The molecule has 0 aromatic rings. The number of amides is 1. The van der Waals surface area contributed by atoms with Crippen LogP contribution < -0.4 is 0 Å². The molecule has 1 saturated carbocycles. The molecule has 0 radical (unpaired) electrons. The zero-order chi connectivity index (χ0) is 16.4. The Morgan fingerprint density at radius 1 is 1.27 bits per heavy atom. The molecule has 0 bridgehead atoms. The Balaban J connectivity index is 1.73. The molecule has 0 aromatic heterocycles. The average Bonchev–Trinajstić information content (AvgIpc) is 2.41. The molecule has 22 heavy (non-hydrogen) atoms. The first-order valence-corrected chi connectivity index (χ1v) is 7.86. The highest BCUT2D eigenvalue weighted by Gasteiger charge is 2.43. The minimum Gasteiger partial charge on any atom is -0.444 e. The molecule has 6 nitrogen and oxygen atoms in total. The predicted octanol–water partition coefficient (Wildman–Crippen LogP) is 1.80. The second kappa shape index (κ2) is 6.25. The van der Waals surface area contributed by atoms with Crippen LogP contribution in [0.4, 0.5) is 4.79 Å². The van der Waals surface area contributed by atoms with Gasteiger partial charge in [-0.15, -0.1) is 0 Å². The van der Waals surface area contributed by atoms with Crippen LogP contribution in [-0.4, -0.2) is 60.0 Å². The summed E-state index contributed by atoms with van der Waals surface area (Å²) >= 11 is 0. The molecule has 0 N–H and O–H groups in total. The monoisotopic (exact) mass is 307 g/mol. The van der Waals surface area contributed by atoms with Gasteiger partial charge in [0.1, 0.15) is 11.4 Å². The van der Waals surface area contributed by atoms with Gasteiger partial charge in [-0.05, 0) is 33.7 Å². The molecule has 2 rings (SSSR count). The average molecular weight is 307 g/mol. The third-order valence-corrected chi connectivity index (χ3v) is 4.24. The number of hydrogen-bond donors (Lipinski definition) is 0. The van der Waals surface area contributed by atoms with Crippen molar-refractivity contribution in [1.29, 1.82) is 5.26 Å². The van der Waals surface area contributed by atoms with Crippen molar-refractivity contribution in [3.63, 3.8) is 0 Å². The Morgan fingerprint density at radius 2 is 1.86 bits per heavy atom. The van der Waals surface area contributed by atoms with E-state index in [1.165, 1.54) is 0 Å². The molecular weight excluding hydrogens is 282 g/mol. The van der Waals surface area contributed by atoms with Gasteiger partial charge in [-0.25, -0.2) is 4.79 Å². The highest BCUT2D eigenvalue weighted by atomic mass is 16.6. The quantitative estimate of drug-likeness (QED) is 0.795. The first-order chi connectivity index (χ1) is 10.2. The number of Topliss-reactive ketones (excluding diaryl/α,β-unsaturated/α-hetero) is 1. The molecule has 0 unspecified atom stereocenters. The highest BCUT2D eigenvalue weighted by molar-refractivity contribution is 5.87. The number of hydrogen-bond acceptors (Lipinski definition) is 5. The topological polar surface area (TPSA) is 73.6 Å². The van der Waals surface area contributed by atoms with Gasteiger partial charge in [0.15, 0.2) is 0 Å². The van der Waals surface area contributed by atoms with Gasteiger partial charge in [-0.3, -0.25) is 9.69 Å². The molecule has 2 fully saturated rings. The fourth-order valence-electron chi connectivity index (χ4n) is 2.87. The van der Waals surface area contributed by atoms with Gasteiger partial charge in [0.05, 0.1) is 11.5 Å². The van der Waals surface area contributed by atoms with Gasteiger partial charge in [-0.1, -0.05) is 0 Å².